The van der Waals surface area contributed by atoms with Crippen LogP contribution >= 0.6 is 15.9 Å². The lowest BCUT2D eigenvalue weighted by Crippen LogP contribution is -2.10. The first-order valence-electron chi connectivity index (χ1n) is 7.30. The van der Waals surface area contributed by atoms with Gasteiger partial charge in [0.25, 0.3) is 0 Å². The van der Waals surface area contributed by atoms with E-state index in [4.69, 9.17) is 9.83 Å². The van der Waals surface area contributed by atoms with Crippen LogP contribution in [0.3, 0.4) is 0 Å². The quantitative estimate of drug-likeness (QED) is 0.709. The molecule has 0 saturated carbocycles. The first kappa shape index (κ1) is 16.0. The van der Waals surface area contributed by atoms with Gasteiger partial charge < -0.3 is 9.83 Å². The molecule has 1 heterocycles. The van der Waals surface area contributed by atoms with E-state index in [1.807, 2.05) is 31.2 Å². The fraction of sp³-hybridized carbons (Fsp3) is 0.412. The molecule has 0 fully saturated rings. The van der Waals surface area contributed by atoms with Crippen LogP contribution in [0.1, 0.15) is 38.1 Å². The molecule has 2 aromatic rings. The highest BCUT2D eigenvalue weighted by molar-refractivity contribution is 9.10. The summed E-state index contributed by atoms with van der Waals surface area (Å²) < 4.78 is 6.80. The maximum absolute atomic E-state index is 8.05. The van der Waals surface area contributed by atoms with Crippen molar-refractivity contribution in [2.24, 2.45) is 5.92 Å². The predicted octanol–water partition coefficient (Wildman–Crippen LogP) is 5.41. The molecule has 0 unspecified atom stereocenters. The zero-order chi connectivity index (χ0) is 15.4. The van der Waals surface area contributed by atoms with Crippen molar-refractivity contribution >= 4 is 21.6 Å². The van der Waals surface area contributed by atoms with Crippen LogP contribution in [0.4, 0.5) is 0 Å². The molecular formula is C17H21BrN2O. The van der Waals surface area contributed by atoms with Gasteiger partial charge >= 0.3 is 0 Å². The monoisotopic (exact) mass is 348 g/mol. The molecule has 1 aromatic heterocycles. The van der Waals surface area contributed by atoms with Crippen molar-refractivity contribution in [2.45, 2.75) is 40.0 Å². The van der Waals surface area contributed by atoms with E-state index in [1.165, 1.54) is 0 Å². The molecule has 0 aliphatic rings. The number of nitrogens with one attached hydrogen (secondary N) is 1. The number of oxazole rings is 1. The number of hydrogen-bond donors (Lipinski definition) is 1. The van der Waals surface area contributed by atoms with Crippen molar-refractivity contribution in [3.63, 3.8) is 0 Å². The second kappa shape index (κ2) is 7.03. The Hall–Kier alpha value is -1.42. The highest BCUT2D eigenvalue weighted by Crippen LogP contribution is 2.24. The van der Waals surface area contributed by atoms with Gasteiger partial charge in [0.15, 0.2) is 0 Å². The van der Waals surface area contributed by atoms with Crippen LogP contribution in [-0.2, 0) is 6.42 Å². The third-order valence-electron chi connectivity index (χ3n) is 3.82. The minimum atomic E-state index is 0.350. The molecule has 21 heavy (non-hydrogen) atoms. The molecule has 1 aromatic carbocycles. The van der Waals surface area contributed by atoms with E-state index in [2.05, 4.69) is 34.8 Å². The van der Waals surface area contributed by atoms with Crippen molar-refractivity contribution in [1.82, 2.24) is 4.98 Å². The first-order valence-corrected chi connectivity index (χ1v) is 8.10. The van der Waals surface area contributed by atoms with Crippen LogP contribution in [-0.4, -0.2) is 10.7 Å². The molecule has 112 valence electrons. The maximum Gasteiger partial charge on any atom is 0.226 e. The second-order valence-corrected chi connectivity index (χ2v) is 6.28. The summed E-state index contributed by atoms with van der Waals surface area (Å²) in [7, 11) is 0. The van der Waals surface area contributed by atoms with Gasteiger partial charge in [-0.25, -0.2) is 4.98 Å². The van der Waals surface area contributed by atoms with E-state index in [-0.39, 0.29) is 0 Å². The number of aromatic nitrogens is 1. The van der Waals surface area contributed by atoms with Gasteiger partial charge in [-0.3, -0.25) is 0 Å². The highest BCUT2D eigenvalue weighted by atomic mass is 79.9. The average Bonchev–Trinajstić information content (AvgIpc) is 2.85. The summed E-state index contributed by atoms with van der Waals surface area (Å²) in [6.07, 6.45) is 2.54. The summed E-state index contributed by atoms with van der Waals surface area (Å²) in [6.45, 7) is 6.16. The Kier molecular flexibility index (Phi) is 5.34. The van der Waals surface area contributed by atoms with Gasteiger partial charge in [0.05, 0.1) is 5.69 Å². The minimum absolute atomic E-state index is 0.350. The largest absolute Gasteiger partial charge is 0.441 e. The van der Waals surface area contributed by atoms with Crippen LogP contribution in [0.5, 0.6) is 0 Å². The van der Waals surface area contributed by atoms with Crippen LogP contribution < -0.4 is 0 Å². The Balaban J connectivity index is 2.09. The first-order chi connectivity index (χ1) is 10.0. The lowest BCUT2D eigenvalue weighted by molar-refractivity contribution is 0.539. The third-order valence-corrected chi connectivity index (χ3v) is 4.35. The fourth-order valence-corrected chi connectivity index (χ4v) is 2.39. The van der Waals surface area contributed by atoms with E-state index in [1.54, 1.807) is 0 Å². The predicted molar refractivity (Wildman–Crippen MR) is 89.9 cm³/mol. The molecule has 0 aliphatic carbocycles. The number of benzene rings is 1. The summed E-state index contributed by atoms with van der Waals surface area (Å²) in [6, 6.07) is 7.93. The van der Waals surface area contributed by atoms with Crippen molar-refractivity contribution in [3.05, 3.63) is 40.2 Å². The SMILES string of the molecule is CC[C@@H](C)C(=N)CCc1nc(-c2ccc(Br)cc2)oc1C. The number of hydrogen-bond acceptors (Lipinski definition) is 3. The Morgan fingerprint density at radius 3 is 2.62 bits per heavy atom. The Morgan fingerprint density at radius 1 is 1.33 bits per heavy atom. The summed E-state index contributed by atoms with van der Waals surface area (Å²) in [5.74, 6) is 1.86. The molecule has 2 rings (SSSR count). The minimum Gasteiger partial charge on any atom is -0.441 e. The van der Waals surface area contributed by atoms with Crippen LogP contribution in [0.2, 0.25) is 0 Å². The summed E-state index contributed by atoms with van der Waals surface area (Å²) in [4.78, 5) is 4.59. The Bertz CT molecular complexity index is 616. The van der Waals surface area contributed by atoms with Gasteiger partial charge in [-0.15, -0.1) is 0 Å². The number of aryl methyl sites for hydroxylation is 2. The van der Waals surface area contributed by atoms with E-state index >= 15 is 0 Å². The van der Waals surface area contributed by atoms with Crippen molar-refractivity contribution < 1.29 is 4.42 Å². The number of nitrogens with zero attached hydrogens (tertiary/aromatic N) is 1. The summed E-state index contributed by atoms with van der Waals surface area (Å²) in [5, 5.41) is 8.05. The lowest BCUT2D eigenvalue weighted by Gasteiger charge is -2.09. The molecular weight excluding hydrogens is 328 g/mol. The van der Waals surface area contributed by atoms with Crippen LogP contribution in [0.25, 0.3) is 11.5 Å². The molecule has 0 amide bonds. The second-order valence-electron chi connectivity index (χ2n) is 5.36. The standard InChI is InChI=1S/C17H21BrN2O/c1-4-11(2)15(19)9-10-16-12(3)21-17(20-16)13-5-7-14(18)8-6-13/h5-8,11,19H,4,9-10H2,1-3H3/t11-/m1/s1. The average molecular weight is 349 g/mol. The molecule has 0 saturated heterocycles. The Morgan fingerprint density at radius 2 is 2.00 bits per heavy atom. The van der Waals surface area contributed by atoms with Crippen molar-refractivity contribution in [3.8, 4) is 11.5 Å². The molecule has 0 bridgehead atoms. The molecule has 1 N–H and O–H groups in total. The van der Waals surface area contributed by atoms with Crippen LogP contribution in [0, 0.1) is 18.3 Å². The van der Waals surface area contributed by atoms with E-state index < -0.39 is 0 Å². The Labute approximate surface area is 134 Å². The van der Waals surface area contributed by atoms with Gasteiger partial charge in [-0.2, -0.15) is 0 Å². The summed E-state index contributed by atoms with van der Waals surface area (Å²) >= 11 is 3.42. The van der Waals surface area contributed by atoms with Gasteiger partial charge in [-0.05, 0) is 56.4 Å². The van der Waals surface area contributed by atoms with E-state index in [9.17, 15) is 0 Å². The lowest BCUT2D eigenvalue weighted by atomic mass is 9.98. The smallest absolute Gasteiger partial charge is 0.226 e. The molecule has 0 aliphatic heterocycles. The van der Waals surface area contributed by atoms with E-state index in [0.717, 1.165) is 46.5 Å². The number of rotatable bonds is 6. The highest BCUT2D eigenvalue weighted by Gasteiger charge is 2.13. The van der Waals surface area contributed by atoms with Gasteiger partial charge in [0.1, 0.15) is 5.76 Å². The maximum atomic E-state index is 8.05. The topological polar surface area (TPSA) is 49.9 Å². The third kappa shape index (κ3) is 4.03. The normalized spacial score (nSPS) is 12.4. The molecule has 4 heteroatoms. The number of halogens is 1. The van der Waals surface area contributed by atoms with Crippen molar-refractivity contribution in [1.29, 1.82) is 5.41 Å². The van der Waals surface area contributed by atoms with E-state index in [0.29, 0.717) is 11.8 Å². The summed E-state index contributed by atoms with van der Waals surface area (Å²) in [5.41, 5.74) is 2.73. The van der Waals surface area contributed by atoms with Gasteiger partial charge in [0, 0.05) is 15.7 Å². The van der Waals surface area contributed by atoms with Gasteiger partial charge in [-0.1, -0.05) is 29.8 Å². The zero-order valence-corrected chi connectivity index (χ0v) is 14.3. The molecule has 3 nitrogen and oxygen atoms in total. The molecule has 1 atom stereocenters. The molecule has 0 radical (unpaired) electrons. The fourth-order valence-electron chi connectivity index (χ4n) is 2.12. The molecule has 0 spiro atoms. The van der Waals surface area contributed by atoms with Gasteiger partial charge in [0.2, 0.25) is 5.89 Å². The zero-order valence-electron chi connectivity index (χ0n) is 12.7. The van der Waals surface area contributed by atoms with Crippen molar-refractivity contribution in [2.75, 3.05) is 0 Å². The van der Waals surface area contributed by atoms with Crippen LogP contribution in [0.15, 0.2) is 33.2 Å².